The van der Waals surface area contributed by atoms with Crippen molar-refractivity contribution in [2.75, 3.05) is 6.54 Å². The maximum absolute atomic E-state index is 13.2. The number of aromatic amines is 1. The Morgan fingerprint density at radius 2 is 2.29 bits per heavy atom. The molecule has 5 heteroatoms. The fourth-order valence-corrected chi connectivity index (χ4v) is 2.37. The minimum atomic E-state index is -0.429. The zero-order valence-electron chi connectivity index (χ0n) is 9.16. The molecule has 1 amide bonds. The smallest absolute Gasteiger partial charge is 0.200 e. The fraction of sp³-hybridized carbons (Fsp3) is 0.250. The van der Waals surface area contributed by atoms with Gasteiger partial charge in [0.05, 0.1) is 0 Å². The number of amides is 1. The number of fused-ring (bicyclic) bond motifs is 3. The van der Waals surface area contributed by atoms with Crippen molar-refractivity contribution in [3.8, 4) is 0 Å². The Labute approximate surface area is 99.0 Å². The fourth-order valence-electron chi connectivity index (χ4n) is 2.37. The predicted octanol–water partition coefficient (Wildman–Crippen LogP) is 1.95. The van der Waals surface area contributed by atoms with E-state index in [4.69, 9.17) is 7.85 Å². The third-order valence-corrected chi connectivity index (χ3v) is 3.25. The van der Waals surface area contributed by atoms with E-state index in [0.29, 0.717) is 13.1 Å². The van der Waals surface area contributed by atoms with Crippen LogP contribution in [0, 0.1) is 5.82 Å². The van der Waals surface area contributed by atoms with Gasteiger partial charge >= 0.3 is 0 Å². The van der Waals surface area contributed by atoms with Crippen molar-refractivity contribution in [2.24, 2.45) is 0 Å². The topological polar surface area (TPSA) is 36.1 Å². The molecular formula is C12H10BFN2O. The number of nitrogens with one attached hydrogen (secondary N) is 1. The molecule has 2 aromatic rings. The molecule has 1 aliphatic heterocycles. The molecule has 0 spiro atoms. The molecule has 3 rings (SSSR count). The van der Waals surface area contributed by atoms with Gasteiger partial charge in [-0.1, -0.05) is 0 Å². The Kier molecular flexibility index (Phi) is 2.21. The van der Waals surface area contributed by atoms with Crippen LogP contribution >= 0.6 is 0 Å². The van der Waals surface area contributed by atoms with E-state index < -0.39 is 5.81 Å². The molecule has 0 unspecified atom stereocenters. The van der Waals surface area contributed by atoms with Crippen LogP contribution in [0.15, 0.2) is 18.2 Å². The summed E-state index contributed by atoms with van der Waals surface area (Å²) in [4.78, 5) is 16.0. The number of halogens is 1. The number of carbonyl (C=O) groups excluding carboxylic acids is 1. The van der Waals surface area contributed by atoms with Crippen LogP contribution in [-0.2, 0) is 13.0 Å². The van der Waals surface area contributed by atoms with Gasteiger partial charge in [-0.3, -0.25) is 4.79 Å². The van der Waals surface area contributed by atoms with Crippen molar-refractivity contribution in [1.29, 1.82) is 0 Å². The molecule has 0 saturated heterocycles. The number of benzene rings is 1. The highest BCUT2D eigenvalue weighted by Gasteiger charge is 2.21. The number of hydrogen-bond acceptors (Lipinski definition) is 1. The van der Waals surface area contributed by atoms with Crippen LogP contribution in [0.25, 0.3) is 10.9 Å². The maximum atomic E-state index is 13.2. The van der Waals surface area contributed by atoms with E-state index in [1.807, 2.05) is 0 Å². The lowest BCUT2D eigenvalue weighted by atomic mass is 10.0. The summed E-state index contributed by atoms with van der Waals surface area (Å²) >= 11 is 0. The largest absolute Gasteiger partial charge is 0.358 e. The highest BCUT2D eigenvalue weighted by Crippen LogP contribution is 2.28. The van der Waals surface area contributed by atoms with Crippen LogP contribution in [0.5, 0.6) is 0 Å². The van der Waals surface area contributed by atoms with E-state index in [0.717, 1.165) is 28.6 Å². The Morgan fingerprint density at radius 1 is 1.47 bits per heavy atom. The number of carbonyl (C=O) groups is 1. The lowest BCUT2D eigenvalue weighted by Crippen LogP contribution is -2.34. The van der Waals surface area contributed by atoms with Gasteiger partial charge in [0, 0.05) is 41.7 Å². The Morgan fingerprint density at radius 3 is 3.06 bits per heavy atom. The van der Waals surface area contributed by atoms with Crippen molar-refractivity contribution in [3.63, 3.8) is 0 Å². The first-order valence-electron chi connectivity index (χ1n) is 5.48. The minimum Gasteiger partial charge on any atom is -0.358 e. The van der Waals surface area contributed by atoms with Gasteiger partial charge in [-0.15, -0.1) is 0 Å². The van der Waals surface area contributed by atoms with Crippen molar-refractivity contribution in [3.05, 3.63) is 35.3 Å². The van der Waals surface area contributed by atoms with E-state index in [-0.39, 0.29) is 5.82 Å². The molecule has 17 heavy (non-hydrogen) atoms. The second-order valence-corrected chi connectivity index (χ2v) is 4.28. The van der Waals surface area contributed by atoms with Crippen molar-refractivity contribution < 1.29 is 9.18 Å². The number of rotatable bonds is 0. The van der Waals surface area contributed by atoms with Gasteiger partial charge in [0.2, 0.25) is 7.85 Å². The summed E-state index contributed by atoms with van der Waals surface area (Å²) in [7, 11) is 5.27. The van der Waals surface area contributed by atoms with Gasteiger partial charge in [-0.25, -0.2) is 4.39 Å². The van der Waals surface area contributed by atoms with E-state index >= 15 is 0 Å². The molecule has 1 aliphatic rings. The molecule has 0 saturated carbocycles. The minimum absolute atomic E-state index is 0.268. The molecule has 0 atom stereocenters. The number of nitrogens with zero attached hydrogens (tertiary/aromatic N) is 1. The Hall–Kier alpha value is -1.78. The van der Waals surface area contributed by atoms with Crippen LogP contribution in [0.3, 0.4) is 0 Å². The van der Waals surface area contributed by atoms with Crippen molar-refractivity contribution in [2.45, 2.75) is 13.0 Å². The summed E-state index contributed by atoms with van der Waals surface area (Å²) < 4.78 is 13.2. The molecule has 1 N–H and O–H groups in total. The molecule has 2 radical (unpaired) electrons. The SMILES string of the molecule is [B]C(=O)N1CCc2[nH]c3ccc(F)cc3c2C1. The summed E-state index contributed by atoms with van der Waals surface area (Å²) in [6.45, 7) is 1.06. The van der Waals surface area contributed by atoms with E-state index in [2.05, 4.69) is 4.98 Å². The zero-order chi connectivity index (χ0) is 12.0. The average molecular weight is 228 g/mol. The molecule has 84 valence electrons. The summed E-state index contributed by atoms with van der Waals surface area (Å²) in [6.07, 6.45) is 0.731. The monoisotopic (exact) mass is 228 g/mol. The van der Waals surface area contributed by atoms with Crippen LogP contribution in [0.4, 0.5) is 9.18 Å². The first kappa shape index (κ1) is 10.4. The van der Waals surface area contributed by atoms with Crippen LogP contribution in [-0.4, -0.2) is 30.1 Å². The van der Waals surface area contributed by atoms with E-state index in [1.54, 1.807) is 11.0 Å². The normalized spacial score (nSPS) is 15.0. The van der Waals surface area contributed by atoms with E-state index in [1.165, 1.54) is 12.1 Å². The van der Waals surface area contributed by atoms with Gasteiger partial charge in [0.25, 0.3) is 0 Å². The number of hydrogen-bond donors (Lipinski definition) is 1. The molecule has 3 nitrogen and oxygen atoms in total. The van der Waals surface area contributed by atoms with Gasteiger partial charge in [-0.05, 0) is 18.2 Å². The molecule has 2 heterocycles. The Bertz CT molecular complexity index is 608. The second kappa shape index (κ2) is 3.62. The molecule has 0 fully saturated rings. The molecule has 0 bridgehead atoms. The molecule has 1 aromatic heterocycles. The number of H-pyrrole nitrogens is 1. The summed E-state index contributed by atoms with van der Waals surface area (Å²) in [5.41, 5.74) is 2.95. The zero-order valence-corrected chi connectivity index (χ0v) is 9.16. The second-order valence-electron chi connectivity index (χ2n) is 4.28. The van der Waals surface area contributed by atoms with Gasteiger partial charge in [-0.2, -0.15) is 0 Å². The maximum Gasteiger partial charge on any atom is 0.200 e. The quantitative estimate of drug-likeness (QED) is 0.687. The summed E-state index contributed by atoms with van der Waals surface area (Å²) in [5.74, 6) is -0.697. The number of aromatic nitrogens is 1. The van der Waals surface area contributed by atoms with Gasteiger partial charge in [0.1, 0.15) is 5.82 Å². The third-order valence-electron chi connectivity index (χ3n) is 3.25. The Balaban J connectivity index is 2.13. The standard InChI is InChI=1S/C12H10BFN2O/c13-12(17)16-4-3-11-9(6-16)8-5-7(14)1-2-10(8)15-11/h1-2,5,15H,3-4,6H2. The average Bonchev–Trinajstić information content (AvgIpc) is 2.66. The van der Waals surface area contributed by atoms with Gasteiger partial charge in [0.15, 0.2) is 5.81 Å². The lowest BCUT2D eigenvalue weighted by Gasteiger charge is -2.26. The summed E-state index contributed by atoms with van der Waals surface area (Å²) in [5, 5.41) is 0.839. The predicted molar refractivity (Wildman–Crippen MR) is 63.5 cm³/mol. The highest BCUT2D eigenvalue weighted by atomic mass is 19.1. The van der Waals surface area contributed by atoms with Crippen LogP contribution < -0.4 is 0 Å². The van der Waals surface area contributed by atoms with Crippen molar-refractivity contribution >= 4 is 24.6 Å². The molecular weight excluding hydrogens is 218 g/mol. The van der Waals surface area contributed by atoms with Crippen LogP contribution in [0.1, 0.15) is 11.3 Å². The first-order chi connectivity index (χ1) is 8.15. The molecule has 1 aromatic carbocycles. The first-order valence-corrected chi connectivity index (χ1v) is 5.48. The van der Waals surface area contributed by atoms with Crippen LogP contribution in [0.2, 0.25) is 0 Å². The lowest BCUT2D eigenvalue weighted by molar-refractivity contribution is 0.216. The molecule has 0 aliphatic carbocycles. The van der Waals surface area contributed by atoms with Crippen molar-refractivity contribution in [1.82, 2.24) is 9.88 Å². The van der Waals surface area contributed by atoms with E-state index in [9.17, 15) is 9.18 Å². The highest BCUT2D eigenvalue weighted by molar-refractivity contribution is 6.56. The summed E-state index contributed by atoms with van der Waals surface area (Å²) in [6, 6.07) is 4.64. The third kappa shape index (κ3) is 1.62. The van der Waals surface area contributed by atoms with Gasteiger partial charge < -0.3 is 9.88 Å².